The molecule has 277 valence electrons. The maximum Gasteiger partial charge on any atom is 2.00 e. The van der Waals surface area contributed by atoms with Crippen LogP contribution in [0.1, 0.15) is 63.8 Å². The van der Waals surface area contributed by atoms with Gasteiger partial charge in [-0.2, -0.15) is 0 Å². The van der Waals surface area contributed by atoms with Crippen LogP contribution in [0.2, 0.25) is 0 Å². The molecule has 1 aliphatic rings. The molecule has 1 aliphatic heterocycles. The Morgan fingerprint density at radius 2 is 0.878 bits per heavy atom. The summed E-state index contributed by atoms with van der Waals surface area (Å²) in [6.07, 6.45) is 0. The maximum absolute atomic E-state index is 11.7. The Hall–Kier alpha value is -2.88. The topological polar surface area (TPSA) is 170 Å². The third-order valence-corrected chi connectivity index (χ3v) is 8.20. The molecule has 2 aromatic rings. The molecule has 1 heterocycles. The molecule has 0 amide bonds. The zero-order valence-corrected chi connectivity index (χ0v) is 30.4. The van der Waals surface area contributed by atoms with Crippen LogP contribution in [0.4, 0.5) is 11.4 Å². The van der Waals surface area contributed by atoms with E-state index < -0.39 is 9.85 Å². The van der Waals surface area contributed by atoms with Crippen molar-refractivity contribution < 1.29 is 56.1 Å². The van der Waals surface area contributed by atoms with E-state index in [0.717, 1.165) is 11.1 Å². The zero-order valence-electron chi connectivity index (χ0n) is 29.5. The van der Waals surface area contributed by atoms with E-state index in [1.165, 1.54) is 12.1 Å². The molecule has 2 aromatic carbocycles. The minimum absolute atomic E-state index is 0. The summed E-state index contributed by atoms with van der Waals surface area (Å²) >= 11 is 0. The van der Waals surface area contributed by atoms with Crippen LogP contribution in [0.3, 0.4) is 0 Å². The van der Waals surface area contributed by atoms with Crippen LogP contribution in [0, 0.1) is 20.2 Å². The van der Waals surface area contributed by atoms with E-state index in [0.29, 0.717) is 90.2 Å². The van der Waals surface area contributed by atoms with Gasteiger partial charge in [-0.15, -0.1) is 0 Å². The van der Waals surface area contributed by atoms with Gasteiger partial charge in [-0.3, -0.25) is 30.0 Å². The van der Waals surface area contributed by atoms with Gasteiger partial charge in [0.2, 0.25) is 0 Å². The zero-order chi connectivity index (χ0) is 35.5. The number of aromatic hydroxyl groups is 2. The number of hydrogen-bond acceptors (Lipinski definition) is 12. The first kappa shape index (κ1) is 42.3. The van der Waals surface area contributed by atoms with E-state index in [1.54, 1.807) is 0 Å². The summed E-state index contributed by atoms with van der Waals surface area (Å²) in [4.78, 5) is 26.3. The summed E-state index contributed by atoms with van der Waals surface area (Å²) in [5.74, 6) is -0.666. The van der Waals surface area contributed by atoms with Crippen molar-refractivity contribution >= 4 is 11.4 Å². The fourth-order valence-electron chi connectivity index (χ4n) is 5.18. The molecular weight excluding hydrogens is 688 g/mol. The van der Waals surface area contributed by atoms with E-state index in [1.807, 2.05) is 63.5 Å². The van der Waals surface area contributed by atoms with Gasteiger partial charge in [0.1, 0.15) is 0 Å². The van der Waals surface area contributed by atoms with Crippen LogP contribution in [0.25, 0.3) is 0 Å². The van der Waals surface area contributed by atoms with Crippen molar-refractivity contribution in [2.24, 2.45) is 0 Å². The second-order valence-electron chi connectivity index (χ2n) is 14.0. The van der Waals surface area contributed by atoms with Crippen LogP contribution < -0.4 is 0 Å². The first-order chi connectivity index (χ1) is 22.6. The van der Waals surface area contributed by atoms with E-state index in [-0.39, 0.29) is 63.9 Å². The summed E-state index contributed by atoms with van der Waals surface area (Å²) in [6, 6.07) is 6.52. The molecule has 14 nitrogen and oxygen atoms in total. The van der Waals surface area contributed by atoms with Crippen molar-refractivity contribution in [3.05, 3.63) is 66.7 Å². The largest absolute Gasteiger partial charge is 2.00 e. The van der Waals surface area contributed by atoms with Crippen LogP contribution >= 0.6 is 0 Å². The van der Waals surface area contributed by atoms with Gasteiger partial charge >= 0.3 is 28.4 Å². The number of ether oxygens (including phenoxy) is 4. The molecule has 1 fully saturated rings. The van der Waals surface area contributed by atoms with Crippen molar-refractivity contribution in [1.82, 2.24) is 9.80 Å². The number of phenols is 2. The summed E-state index contributed by atoms with van der Waals surface area (Å²) in [5.41, 5.74) is 1.17. The number of nitro benzene ring substituents is 2. The van der Waals surface area contributed by atoms with Crippen LogP contribution in [0.5, 0.6) is 11.5 Å². The molecule has 0 saturated carbocycles. The van der Waals surface area contributed by atoms with Crippen molar-refractivity contribution in [3.8, 4) is 11.5 Å². The van der Waals surface area contributed by atoms with Gasteiger partial charge < -0.3 is 29.2 Å². The van der Waals surface area contributed by atoms with Crippen molar-refractivity contribution in [2.45, 2.75) is 65.5 Å². The van der Waals surface area contributed by atoms with Crippen LogP contribution in [0.15, 0.2) is 24.3 Å². The standard InChI is InChI=1S/C34H52N4O10.Cu/c1-33(2,3)27-19-25(31(39)29(21-27)37(41)42)23-35-7-11-45-15-17-47-13-9-36(10-14-48-18-16-46-12-8-35)24-26-20-28(34(4,5)6)22-30(32(26)40)38(43)44;/h19-22,39-40H,7-18,23-24H2,1-6H3;/q;+2. The Morgan fingerprint density at radius 3 is 1.12 bits per heavy atom. The average Bonchev–Trinajstić information content (AvgIpc) is 2.99. The minimum atomic E-state index is -0.556. The Bertz CT molecular complexity index is 1260. The van der Waals surface area contributed by atoms with Gasteiger partial charge in [-0.25, -0.2) is 0 Å². The number of benzene rings is 2. The van der Waals surface area contributed by atoms with E-state index in [2.05, 4.69) is 0 Å². The Labute approximate surface area is 299 Å². The molecular formula is C34H52CuN4O10+2. The minimum Gasteiger partial charge on any atom is -0.502 e. The molecule has 0 unspecified atom stereocenters. The summed E-state index contributed by atoms with van der Waals surface area (Å²) in [6.45, 7) is 17.3. The fourth-order valence-corrected chi connectivity index (χ4v) is 5.18. The Kier molecular flexibility index (Phi) is 16.8. The van der Waals surface area contributed by atoms with Crippen molar-refractivity contribution in [2.75, 3.05) is 79.0 Å². The number of nitro groups is 2. The molecule has 0 bridgehead atoms. The molecule has 0 spiro atoms. The maximum atomic E-state index is 11.7. The Morgan fingerprint density at radius 1 is 0.592 bits per heavy atom. The number of phenolic OH excluding ortho intramolecular Hbond substituents is 2. The van der Waals surface area contributed by atoms with E-state index in [4.69, 9.17) is 18.9 Å². The molecule has 15 heteroatoms. The second-order valence-corrected chi connectivity index (χ2v) is 14.0. The van der Waals surface area contributed by atoms with Gasteiger partial charge in [0.05, 0.1) is 62.7 Å². The number of rotatable bonds is 6. The summed E-state index contributed by atoms with van der Waals surface area (Å²) in [7, 11) is 0. The SMILES string of the molecule is CC(C)(C)c1cc(CN2CCOCCOCCN(Cc3cc(C(C)(C)C)cc([N+](=O)[O-])c3O)CCOCCOCC2)c(O)c([N+](=O)[O-])c1.[Cu+2]. The normalized spacial score (nSPS) is 17.4. The van der Waals surface area contributed by atoms with E-state index >= 15 is 0 Å². The smallest absolute Gasteiger partial charge is 0.502 e. The summed E-state index contributed by atoms with van der Waals surface area (Å²) < 4.78 is 23.3. The van der Waals surface area contributed by atoms with Gasteiger partial charge in [0.15, 0.2) is 11.5 Å². The van der Waals surface area contributed by atoms with E-state index in [9.17, 15) is 30.4 Å². The molecule has 3 rings (SSSR count). The fraction of sp³-hybridized carbons (Fsp3) is 0.647. The third-order valence-electron chi connectivity index (χ3n) is 8.20. The van der Waals surface area contributed by atoms with Gasteiger partial charge in [-0.05, 0) is 34.1 Å². The van der Waals surface area contributed by atoms with Crippen LogP contribution in [-0.2, 0) is 59.9 Å². The van der Waals surface area contributed by atoms with Crippen LogP contribution in [-0.4, -0.2) is 109 Å². The quantitative estimate of drug-likeness (QED) is 0.234. The first-order valence-electron chi connectivity index (χ1n) is 16.3. The second kappa shape index (κ2) is 19.5. The monoisotopic (exact) mass is 739 g/mol. The Balaban J connectivity index is 0.00000833. The van der Waals surface area contributed by atoms with Gasteiger partial charge in [-0.1, -0.05) is 41.5 Å². The predicted octanol–water partition coefficient (Wildman–Crippen LogP) is 4.89. The molecule has 2 N–H and O–H groups in total. The molecule has 0 aliphatic carbocycles. The van der Waals surface area contributed by atoms with Gasteiger partial charge in [0.25, 0.3) is 0 Å². The molecule has 0 aromatic heterocycles. The van der Waals surface area contributed by atoms with Crippen molar-refractivity contribution in [3.63, 3.8) is 0 Å². The number of hydrogen-bond donors (Lipinski definition) is 2. The molecule has 0 atom stereocenters. The predicted molar refractivity (Wildman–Crippen MR) is 181 cm³/mol. The summed E-state index contributed by atoms with van der Waals surface area (Å²) in [5, 5.41) is 44.9. The molecule has 49 heavy (non-hydrogen) atoms. The molecule has 1 saturated heterocycles. The number of nitrogens with zero attached hydrogens (tertiary/aromatic N) is 4. The first-order valence-corrected chi connectivity index (χ1v) is 16.3. The third kappa shape index (κ3) is 13.4. The van der Waals surface area contributed by atoms with Crippen molar-refractivity contribution in [1.29, 1.82) is 0 Å². The molecule has 1 radical (unpaired) electrons. The average molecular weight is 740 g/mol. The van der Waals surface area contributed by atoms with Gasteiger partial charge in [0, 0.05) is 62.5 Å².